The van der Waals surface area contributed by atoms with Gasteiger partial charge in [0.05, 0.1) is 9.93 Å². The normalized spacial score (nSPS) is 17.2. The molecule has 0 aromatic heterocycles. The standard InChI is InChI=1S/C24H28FN3O2S/c1-16(26)24(23(29)18-6-4-7-19(25)14-18)31-17(2)27-20-9-11-22(12-10-20)30-15-21-8-5-13-28(21)3/h4,6-7,9-12,14,21,27H,2,5,8,13,15,26H2,1,3H3/b24-16+. The third kappa shape index (κ3) is 6.35. The van der Waals surface area contributed by atoms with E-state index in [9.17, 15) is 9.18 Å². The molecule has 0 spiro atoms. The molecule has 1 fully saturated rings. The van der Waals surface area contributed by atoms with E-state index in [0.29, 0.717) is 28.3 Å². The highest BCUT2D eigenvalue weighted by atomic mass is 32.2. The molecular formula is C24H28FN3O2S. The molecule has 2 aromatic rings. The van der Waals surface area contributed by atoms with Gasteiger partial charge in [-0.05, 0) is 69.8 Å². The lowest BCUT2D eigenvalue weighted by Gasteiger charge is -2.19. The summed E-state index contributed by atoms with van der Waals surface area (Å²) in [6.07, 6.45) is 2.38. The minimum atomic E-state index is -0.469. The second-order valence-corrected chi connectivity index (χ2v) is 8.72. The number of carbonyl (C=O) groups excluding carboxylic acids is 1. The van der Waals surface area contributed by atoms with Gasteiger partial charge in [0.25, 0.3) is 0 Å². The topological polar surface area (TPSA) is 67.6 Å². The minimum Gasteiger partial charge on any atom is -0.492 e. The number of carbonyl (C=O) groups is 1. The van der Waals surface area contributed by atoms with Crippen LogP contribution in [0.5, 0.6) is 5.75 Å². The molecule has 1 aliphatic heterocycles. The summed E-state index contributed by atoms with van der Waals surface area (Å²) < 4.78 is 19.4. The molecule has 0 bridgehead atoms. The van der Waals surface area contributed by atoms with Crippen molar-refractivity contribution < 1.29 is 13.9 Å². The summed E-state index contributed by atoms with van der Waals surface area (Å²) in [5.74, 6) is 0.000532. The Morgan fingerprint density at radius 2 is 2.06 bits per heavy atom. The van der Waals surface area contributed by atoms with Gasteiger partial charge in [-0.3, -0.25) is 4.79 Å². The molecule has 164 valence electrons. The number of allylic oxidation sites excluding steroid dienone is 2. The number of hydrogen-bond donors (Lipinski definition) is 2. The molecule has 5 nitrogen and oxygen atoms in total. The predicted molar refractivity (Wildman–Crippen MR) is 126 cm³/mol. The molecule has 0 aliphatic carbocycles. The number of likely N-dealkylation sites (tertiary alicyclic amines) is 1. The van der Waals surface area contributed by atoms with Crippen molar-refractivity contribution >= 4 is 23.2 Å². The molecule has 1 atom stereocenters. The van der Waals surface area contributed by atoms with E-state index in [1.807, 2.05) is 24.3 Å². The summed E-state index contributed by atoms with van der Waals surface area (Å²) >= 11 is 1.13. The van der Waals surface area contributed by atoms with E-state index in [-0.39, 0.29) is 11.3 Å². The van der Waals surface area contributed by atoms with Gasteiger partial charge in [-0.1, -0.05) is 30.5 Å². The highest BCUT2D eigenvalue weighted by Gasteiger charge is 2.21. The van der Waals surface area contributed by atoms with E-state index in [1.165, 1.54) is 24.6 Å². The fourth-order valence-electron chi connectivity index (χ4n) is 3.39. The molecule has 0 amide bonds. The molecule has 1 saturated heterocycles. The first kappa shape index (κ1) is 22.9. The van der Waals surface area contributed by atoms with Crippen LogP contribution in [0.1, 0.15) is 30.1 Å². The second kappa shape index (κ2) is 10.5. The van der Waals surface area contributed by atoms with Crippen LogP contribution >= 0.6 is 11.8 Å². The van der Waals surface area contributed by atoms with E-state index in [1.54, 1.807) is 13.0 Å². The van der Waals surface area contributed by atoms with Crippen molar-refractivity contribution in [2.75, 3.05) is 25.5 Å². The zero-order valence-electron chi connectivity index (χ0n) is 17.9. The van der Waals surface area contributed by atoms with Crippen LogP contribution in [0, 0.1) is 5.82 Å². The van der Waals surface area contributed by atoms with Crippen LogP contribution in [0.3, 0.4) is 0 Å². The van der Waals surface area contributed by atoms with Crippen molar-refractivity contribution in [2.24, 2.45) is 5.73 Å². The summed E-state index contributed by atoms with van der Waals surface area (Å²) in [7, 11) is 2.13. The summed E-state index contributed by atoms with van der Waals surface area (Å²) in [6.45, 7) is 7.42. The van der Waals surface area contributed by atoms with Crippen molar-refractivity contribution in [3.05, 3.63) is 82.1 Å². The Kier molecular flexibility index (Phi) is 7.76. The Labute approximate surface area is 187 Å². The fourth-order valence-corrected chi connectivity index (χ4v) is 4.18. The van der Waals surface area contributed by atoms with Gasteiger partial charge >= 0.3 is 0 Å². The van der Waals surface area contributed by atoms with Gasteiger partial charge in [0.2, 0.25) is 5.78 Å². The summed E-state index contributed by atoms with van der Waals surface area (Å²) in [6, 6.07) is 13.6. The third-order valence-corrected chi connectivity index (χ3v) is 6.19. The molecule has 0 radical (unpaired) electrons. The van der Waals surface area contributed by atoms with Gasteiger partial charge in [0, 0.05) is 23.0 Å². The van der Waals surface area contributed by atoms with Crippen LogP contribution in [0.15, 0.2) is 70.7 Å². The number of thioether (sulfide) groups is 1. The van der Waals surface area contributed by atoms with Crippen LogP contribution in [0.25, 0.3) is 0 Å². The number of hydrogen-bond acceptors (Lipinski definition) is 6. The lowest BCUT2D eigenvalue weighted by molar-refractivity contribution is 0.104. The summed E-state index contributed by atoms with van der Waals surface area (Å²) in [5.41, 5.74) is 7.33. The molecule has 7 heteroatoms. The maximum Gasteiger partial charge on any atom is 0.201 e. The number of ketones is 1. The first-order chi connectivity index (χ1) is 14.8. The van der Waals surface area contributed by atoms with E-state index in [0.717, 1.165) is 36.2 Å². The minimum absolute atomic E-state index is 0.245. The van der Waals surface area contributed by atoms with Gasteiger partial charge in [-0.2, -0.15) is 0 Å². The number of nitrogens with two attached hydrogens (primary N) is 1. The number of nitrogens with zero attached hydrogens (tertiary/aromatic N) is 1. The largest absolute Gasteiger partial charge is 0.492 e. The molecule has 0 saturated carbocycles. The lowest BCUT2D eigenvalue weighted by Crippen LogP contribution is -2.30. The number of Topliss-reactive ketones (excluding diaryl/α,β-unsaturated/α-hetero) is 1. The Bertz CT molecular complexity index is 971. The number of anilines is 1. The molecular weight excluding hydrogens is 413 g/mol. The molecule has 31 heavy (non-hydrogen) atoms. The highest BCUT2D eigenvalue weighted by molar-refractivity contribution is 8.07. The number of benzene rings is 2. The number of ether oxygens (including phenoxy) is 1. The SMILES string of the molecule is C=C(Nc1ccc(OCC2CCCN2C)cc1)S/C(C(=O)c1cccc(F)c1)=C(\C)N. The quantitative estimate of drug-likeness (QED) is 0.422. The molecule has 1 unspecified atom stereocenters. The monoisotopic (exact) mass is 441 g/mol. The maximum atomic E-state index is 13.5. The van der Waals surface area contributed by atoms with Crippen LogP contribution < -0.4 is 15.8 Å². The van der Waals surface area contributed by atoms with Crippen LogP contribution in [-0.4, -0.2) is 36.9 Å². The van der Waals surface area contributed by atoms with Crippen LogP contribution in [-0.2, 0) is 0 Å². The Hall–Kier alpha value is -2.77. The van der Waals surface area contributed by atoms with Gasteiger partial charge in [-0.15, -0.1) is 0 Å². The van der Waals surface area contributed by atoms with E-state index in [4.69, 9.17) is 10.5 Å². The summed E-state index contributed by atoms with van der Waals surface area (Å²) in [4.78, 5) is 15.4. The predicted octanol–water partition coefficient (Wildman–Crippen LogP) is 4.99. The molecule has 1 heterocycles. The number of rotatable bonds is 9. The lowest BCUT2D eigenvalue weighted by atomic mass is 10.1. The Balaban J connectivity index is 1.57. The highest BCUT2D eigenvalue weighted by Crippen LogP contribution is 2.30. The van der Waals surface area contributed by atoms with E-state index >= 15 is 0 Å². The average molecular weight is 442 g/mol. The maximum absolute atomic E-state index is 13.5. The van der Waals surface area contributed by atoms with Crippen LogP contribution in [0.4, 0.5) is 10.1 Å². The van der Waals surface area contributed by atoms with E-state index in [2.05, 4.69) is 23.8 Å². The van der Waals surface area contributed by atoms with Crippen molar-refractivity contribution in [3.8, 4) is 5.75 Å². The first-order valence-electron chi connectivity index (χ1n) is 10.2. The third-order valence-electron chi connectivity index (χ3n) is 5.13. The van der Waals surface area contributed by atoms with Gasteiger partial charge < -0.3 is 20.7 Å². The Morgan fingerprint density at radius 3 is 2.68 bits per heavy atom. The fraction of sp³-hybridized carbons (Fsp3) is 0.292. The summed E-state index contributed by atoms with van der Waals surface area (Å²) in [5, 5.41) is 3.70. The molecule has 2 aromatic carbocycles. The second-order valence-electron chi connectivity index (χ2n) is 7.61. The Morgan fingerprint density at radius 1 is 1.32 bits per heavy atom. The van der Waals surface area contributed by atoms with Crippen molar-refractivity contribution in [1.29, 1.82) is 0 Å². The number of likely N-dealkylation sites (N-methyl/N-ethyl adjacent to an activating group) is 1. The number of nitrogens with one attached hydrogen (secondary N) is 1. The zero-order valence-corrected chi connectivity index (χ0v) is 18.7. The number of halogens is 1. The zero-order chi connectivity index (χ0) is 22.4. The average Bonchev–Trinajstić information content (AvgIpc) is 3.15. The van der Waals surface area contributed by atoms with Gasteiger partial charge in [-0.25, -0.2) is 4.39 Å². The van der Waals surface area contributed by atoms with Gasteiger partial charge in [0.15, 0.2) is 0 Å². The first-order valence-corrected chi connectivity index (χ1v) is 11.0. The van der Waals surface area contributed by atoms with Crippen molar-refractivity contribution in [2.45, 2.75) is 25.8 Å². The molecule has 3 rings (SSSR count). The van der Waals surface area contributed by atoms with Crippen LogP contribution in [0.2, 0.25) is 0 Å². The molecule has 3 N–H and O–H groups in total. The van der Waals surface area contributed by atoms with Crippen molar-refractivity contribution in [1.82, 2.24) is 4.90 Å². The van der Waals surface area contributed by atoms with E-state index < -0.39 is 5.82 Å². The molecule has 1 aliphatic rings. The van der Waals surface area contributed by atoms with Crippen molar-refractivity contribution in [3.63, 3.8) is 0 Å². The van der Waals surface area contributed by atoms with Gasteiger partial charge in [0.1, 0.15) is 18.2 Å². The smallest absolute Gasteiger partial charge is 0.201 e.